The number of allylic oxidation sites excluding steroid dienone is 2. The number of hydrogen-bond donors (Lipinski definition) is 0. The summed E-state index contributed by atoms with van der Waals surface area (Å²) in [7, 11) is 0. The van der Waals surface area contributed by atoms with E-state index in [0.717, 1.165) is 6.42 Å². The van der Waals surface area contributed by atoms with Crippen LogP contribution in [-0.2, 0) is 17.4 Å². The van der Waals surface area contributed by atoms with Crippen LogP contribution in [0.1, 0.15) is 112 Å². The van der Waals surface area contributed by atoms with Crippen LogP contribution in [0.25, 0.3) is 34.4 Å². The van der Waals surface area contributed by atoms with Crippen LogP contribution in [0.15, 0.2) is 83.9 Å². The van der Waals surface area contributed by atoms with Crippen molar-refractivity contribution in [1.82, 2.24) is 0 Å². The minimum Gasteiger partial charge on any atom is -0.147 e. The van der Waals surface area contributed by atoms with Gasteiger partial charge in [0.1, 0.15) is 0 Å². The summed E-state index contributed by atoms with van der Waals surface area (Å²) in [6.07, 6.45) is 6.27. The summed E-state index contributed by atoms with van der Waals surface area (Å²) in [6.45, 7) is 21.0. The van der Waals surface area contributed by atoms with Crippen LogP contribution in [0.4, 0.5) is 0 Å². The molecule has 4 aromatic carbocycles. The normalized spacial score (nSPS) is 17.1. The third kappa shape index (κ3) is 6.67. The van der Waals surface area contributed by atoms with Crippen molar-refractivity contribution >= 4 is 43.8 Å². The monoisotopic (exact) mass is 758 g/mol. The minimum absolute atomic E-state index is 0. The van der Waals surface area contributed by atoms with Gasteiger partial charge in [-0.05, 0) is 0 Å². The van der Waals surface area contributed by atoms with Gasteiger partial charge in [0.15, 0.2) is 0 Å². The topological polar surface area (TPSA) is 0 Å². The molecule has 4 aromatic rings. The molecule has 0 bridgehead atoms. The van der Waals surface area contributed by atoms with Gasteiger partial charge in [0.2, 0.25) is 0 Å². The van der Waals surface area contributed by atoms with Gasteiger partial charge in [-0.3, -0.25) is 0 Å². The maximum absolute atomic E-state index is 3.65. The SMILES string of the molecule is CCC1=Cc2c(-c3ccc(C(C)C)cc3)cc(C)cc2[CH]1[Zr]([CH3])([CH3])(=[SiH2])[CH]1C(C)=Cc2c(-c3ccc(C(C)C)cc3)cc(C)cc21.Cl.Cl. The Balaban J connectivity index is 0.00000250. The maximum atomic E-state index is 2.78. The summed E-state index contributed by atoms with van der Waals surface area (Å²) >= 11 is -3.65. The number of rotatable bonds is 7. The van der Waals surface area contributed by atoms with E-state index in [-0.39, 0.29) is 24.8 Å². The van der Waals surface area contributed by atoms with Crippen molar-refractivity contribution in [3.63, 3.8) is 0 Å². The average molecular weight is 761 g/mol. The molecule has 0 saturated carbocycles. The molecule has 0 spiro atoms. The van der Waals surface area contributed by atoms with Crippen molar-refractivity contribution in [1.29, 1.82) is 0 Å². The second kappa shape index (κ2) is 13.7. The summed E-state index contributed by atoms with van der Waals surface area (Å²) < 4.78 is 6.61. The third-order valence-electron chi connectivity index (χ3n) is 10.9. The average Bonchev–Trinajstić information content (AvgIpc) is 3.54. The molecule has 0 amide bonds. The predicted octanol–water partition coefficient (Wildman–Crippen LogP) is 13.1. The first-order valence-electron chi connectivity index (χ1n) is 17.1. The van der Waals surface area contributed by atoms with E-state index < -0.39 is 17.4 Å². The van der Waals surface area contributed by atoms with Crippen LogP contribution in [0, 0.1) is 13.8 Å². The Bertz CT molecular complexity index is 1940. The van der Waals surface area contributed by atoms with Gasteiger partial charge < -0.3 is 0 Å². The molecule has 47 heavy (non-hydrogen) atoms. The first-order chi connectivity index (χ1) is 21.2. The molecular formula is C43H54Cl2SiZr. The second-order valence-electron chi connectivity index (χ2n) is 15.9. The van der Waals surface area contributed by atoms with Gasteiger partial charge in [-0.15, -0.1) is 24.8 Å². The molecule has 0 fully saturated rings. The van der Waals surface area contributed by atoms with Gasteiger partial charge in [-0.2, -0.15) is 0 Å². The summed E-state index contributed by atoms with van der Waals surface area (Å²) in [5.74, 6) is 1.09. The fourth-order valence-corrected chi connectivity index (χ4v) is 29.6. The van der Waals surface area contributed by atoms with Gasteiger partial charge in [-0.1, -0.05) is 0 Å². The molecule has 2 unspecified atom stereocenters. The third-order valence-corrected chi connectivity index (χ3v) is 28.7. The standard InChI is InChI=1S/C21H23.C20H21.2CH3.2ClH.H2Si.Zr/c1-5-16-12-19-10-15(4)11-20(21(19)13-16)18-8-6-17(7-9-18)14(2)3;1-13(2)16-5-7-17(8-6-16)19-11-14(3)9-18-10-15(4)12-20(18)19;;;;;;/h6-14H,5H2,1-4H3;5-13H,1-4H3;2*1H3;2*1H;1H2;. The van der Waals surface area contributed by atoms with Crippen molar-refractivity contribution in [3.8, 4) is 22.3 Å². The molecule has 0 radical (unpaired) electrons. The van der Waals surface area contributed by atoms with Gasteiger partial charge in [0.05, 0.1) is 0 Å². The van der Waals surface area contributed by atoms with E-state index in [0.29, 0.717) is 19.1 Å². The van der Waals surface area contributed by atoms with Gasteiger partial charge >= 0.3 is 277 Å². The largest absolute Gasteiger partial charge is 0.147 e. The fourth-order valence-electron chi connectivity index (χ4n) is 8.90. The van der Waals surface area contributed by atoms with Crippen LogP contribution < -0.4 is 0 Å². The molecule has 2 aliphatic rings. The molecule has 6 rings (SSSR count). The molecular weight excluding hydrogens is 707 g/mol. The zero-order chi connectivity index (χ0) is 32.4. The molecule has 2 atom stereocenters. The van der Waals surface area contributed by atoms with Crippen molar-refractivity contribution < 1.29 is 17.4 Å². The summed E-state index contributed by atoms with van der Waals surface area (Å²) in [5, 5.41) is 0. The van der Waals surface area contributed by atoms with Crippen molar-refractivity contribution in [3.05, 3.63) is 128 Å². The van der Waals surface area contributed by atoms with Crippen molar-refractivity contribution in [2.24, 2.45) is 0 Å². The molecule has 0 nitrogen and oxygen atoms in total. The molecule has 0 aromatic heterocycles. The van der Waals surface area contributed by atoms with Crippen LogP contribution in [0.3, 0.4) is 0 Å². The molecule has 248 valence electrons. The Kier molecular flexibility index (Phi) is 11.1. The Morgan fingerprint density at radius 1 is 0.617 bits per heavy atom. The summed E-state index contributed by atoms with van der Waals surface area (Å²) in [5.41, 5.74) is 20.4. The number of aryl methyl sites for hydroxylation is 2. The number of halogens is 2. The fraction of sp³-hybridized carbons (Fsp3) is 0.349. The Morgan fingerprint density at radius 3 is 1.43 bits per heavy atom. The number of hydrogen-bond acceptors (Lipinski definition) is 0. The van der Waals surface area contributed by atoms with Gasteiger partial charge in [0, 0.05) is 0 Å². The van der Waals surface area contributed by atoms with Crippen molar-refractivity contribution in [2.75, 3.05) is 0 Å². The molecule has 0 heterocycles. The molecule has 2 aliphatic carbocycles. The van der Waals surface area contributed by atoms with Gasteiger partial charge in [-0.25, -0.2) is 0 Å². The zero-order valence-electron chi connectivity index (χ0n) is 30.1. The van der Waals surface area contributed by atoms with E-state index in [1.54, 1.807) is 22.3 Å². The zero-order valence-corrected chi connectivity index (χ0v) is 35.6. The summed E-state index contributed by atoms with van der Waals surface area (Å²) in [4.78, 5) is 0. The Hall–Kier alpha value is -1.96. The van der Waals surface area contributed by atoms with E-state index in [1.807, 2.05) is 0 Å². The second-order valence-corrected chi connectivity index (χ2v) is 46.4. The first-order valence-corrected chi connectivity index (χ1v) is 30.8. The maximum Gasteiger partial charge on any atom is -0.147 e. The predicted molar refractivity (Wildman–Crippen MR) is 214 cm³/mol. The quantitative estimate of drug-likeness (QED) is 0.165. The number of fused-ring (bicyclic) bond motifs is 2. The minimum atomic E-state index is -3.65. The molecule has 0 aliphatic heterocycles. The molecule has 4 heteroatoms. The van der Waals surface area contributed by atoms with Gasteiger partial charge in [0.25, 0.3) is 0 Å². The van der Waals surface area contributed by atoms with Crippen LogP contribution in [0.5, 0.6) is 0 Å². The Morgan fingerprint density at radius 2 is 1.02 bits per heavy atom. The van der Waals surface area contributed by atoms with Crippen LogP contribution >= 0.6 is 24.8 Å². The Labute approximate surface area is 299 Å². The molecule has 0 N–H and O–H groups in total. The first kappa shape index (κ1) is 37.9. The van der Waals surface area contributed by atoms with Crippen LogP contribution in [0.2, 0.25) is 9.26 Å². The van der Waals surface area contributed by atoms with E-state index in [4.69, 9.17) is 0 Å². The van der Waals surface area contributed by atoms with E-state index in [1.165, 1.54) is 55.6 Å². The number of benzene rings is 4. The van der Waals surface area contributed by atoms with Crippen molar-refractivity contribution in [2.45, 2.75) is 90.2 Å². The smallest absolute Gasteiger partial charge is 0.147 e. The van der Waals surface area contributed by atoms with Crippen LogP contribution in [-0.4, -0.2) is 6.88 Å². The van der Waals surface area contributed by atoms with E-state index >= 15 is 0 Å². The summed E-state index contributed by atoms with van der Waals surface area (Å²) in [6, 6.07) is 28.7. The van der Waals surface area contributed by atoms with E-state index in [2.05, 4.69) is 156 Å². The van der Waals surface area contributed by atoms with E-state index in [9.17, 15) is 0 Å². The molecule has 0 saturated heterocycles.